The molecule has 20 heavy (non-hydrogen) atoms. The number of ether oxygens (including phenoxy) is 1. The average molecular weight is 275 g/mol. The van der Waals surface area contributed by atoms with Crippen LogP contribution in [0.1, 0.15) is 51.6 Å². The highest BCUT2D eigenvalue weighted by Gasteiger charge is 2.20. The van der Waals surface area contributed by atoms with Crippen molar-refractivity contribution in [2.75, 3.05) is 12.4 Å². The van der Waals surface area contributed by atoms with Gasteiger partial charge in [-0.05, 0) is 19.3 Å². The summed E-state index contributed by atoms with van der Waals surface area (Å²) in [5.74, 6) is 1.75. The minimum Gasteiger partial charge on any atom is -0.378 e. The van der Waals surface area contributed by atoms with E-state index in [1.165, 1.54) is 12.8 Å². The predicted octanol–water partition coefficient (Wildman–Crippen LogP) is 3.44. The number of aromatic nitrogens is 2. The molecular weight excluding hydrogens is 250 g/mol. The molecule has 0 fully saturated rings. The summed E-state index contributed by atoms with van der Waals surface area (Å²) >= 11 is 0. The van der Waals surface area contributed by atoms with Gasteiger partial charge in [-0.15, -0.1) is 0 Å². The number of hydrogen-bond donors (Lipinski definition) is 1. The topological polar surface area (TPSA) is 47.0 Å². The van der Waals surface area contributed by atoms with Gasteiger partial charge in [-0.3, -0.25) is 0 Å². The molecule has 0 amide bonds. The molecular formula is C16H25N3O. The number of nitrogens with one attached hydrogen (secondary N) is 1. The third kappa shape index (κ3) is 4.04. The molecule has 0 bridgehead atoms. The Morgan fingerprint density at radius 2 is 2.15 bits per heavy atom. The van der Waals surface area contributed by atoms with Crippen LogP contribution >= 0.6 is 0 Å². The number of rotatable bonds is 4. The molecule has 0 saturated carbocycles. The summed E-state index contributed by atoms with van der Waals surface area (Å²) in [6, 6.07) is 2.36. The molecule has 1 heterocycles. The van der Waals surface area contributed by atoms with E-state index in [4.69, 9.17) is 4.74 Å². The maximum atomic E-state index is 5.21. The molecule has 110 valence electrons. The zero-order valence-corrected chi connectivity index (χ0v) is 12.9. The number of allylic oxidation sites excluding steroid dienone is 1. The van der Waals surface area contributed by atoms with Crippen molar-refractivity contribution in [3.05, 3.63) is 29.7 Å². The van der Waals surface area contributed by atoms with Gasteiger partial charge in [0.25, 0.3) is 0 Å². The molecule has 0 radical (unpaired) electrons. The van der Waals surface area contributed by atoms with Crippen LogP contribution in [0.4, 0.5) is 5.82 Å². The van der Waals surface area contributed by atoms with E-state index in [2.05, 4.69) is 48.2 Å². The third-order valence-electron chi connectivity index (χ3n) is 3.33. The van der Waals surface area contributed by atoms with Gasteiger partial charge >= 0.3 is 0 Å². The van der Waals surface area contributed by atoms with E-state index < -0.39 is 0 Å². The standard InChI is InChI=1S/C16H25N3O/c1-16(2,3)15-18-13(11-20-4)10-14(19-15)17-12-8-6-5-7-9-12/h6,8,10,12H,5,7,9,11H2,1-4H3,(H,17,18,19). The number of methoxy groups -OCH3 is 1. The van der Waals surface area contributed by atoms with Crippen LogP contribution in [0, 0.1) is 0 Å². The van der Waals surface area contributed by atoms with Crippen molar-refractivity contribution in [2.24, 2.45) is 0 Å². The molecule has 0 aromatic carbocycles. The second-order valence-electron chi connectivity index (χ2n) is 6.36. The van der Waals surface area contributed by atoms with Crippen LogP contribution in [0.15, 0.2) is 18.2 Å². The fourth-order valence-electron chi connectivity index (χ4n) is 2.25. The molecule has 1 aliphatic rings. The first-order valence-electron chi connectivity index (χ1n) is 7.29. The van der Waals surface area contributed by atoms with Crippen molar-refractivity contribution in [3.63, 3.8) is 0 Å². The fourth-order valence-corrected chi connectivity index (χ4v) is 2.25. The van der Waals surface area contributed by atoms with Gasteiger partial charge in [-0.25, -0.2) is 9.97 Å². The van der Waals surface area contributed by atoms with Gasteiger partial charge in [0, 0.05) is 24.6 Å². The molecule has 1 aliphatic carbocycles. The molecule has 0 spiro atoms. The van der Waals surface area contributed by atoms with E-state index in [-0.39, 0.29) is 5.41 Å². The van der Waals surface area contributed by atoms with Crippen LogP contribution in [0.25, 0.3) is 0 Å². The summed E-state index contributed by atoms with van der Waals surface area (Å²) in [6.07, 6.45) is 8.05. The zero-order valence-electron chi connectivity index (χ0n) is 12.9. The average Bonchev–Trinajstić information content (AvgIpc) is 2.39. The van der Waals surface area contributed by atoms with Crippen molar-refractivity contribution in [3.8, 4) is 0 Å². The highest BCUT2D eigenvalue weighted by Crippen LogP contribution is 2.22. The molecule has 0 aliphatic heterocycles. The van der Waals surface area contributed by atoms with Gasteiger partial charge < -0.3 is 10.1 Å². The summed E-state index contributed by atoms with van der Waals surface area (Å²) in [6.45, 7) is 6.90. The van der Waals surface area contributed by atoms with E-state index in [0.717, 1.165) is 23.8 Å². The van der Waals surface area contributed by atoms with Crippen LogP contribution in [0.3, 0.4) is 0 Å². The van der Waals surface area contributed by atoms with E-state index in [1.54, 1.807) is 7.11 Å². The third-order valence-corrected chi connectivity index (χ3v) is 3.33. The van der Waals surface area contributed by atoms with Crippen LogP contribution < -0.4 is 5.32 Å². The minimum atomic E-state index is -0.0669. The Labute approximate surface area is 121 Å². The molecule has 1 N–H and O–H groups in total. The normalized spacial score (nSPS) is 19.1. The predicted molar refractivity (Wildman–Crippen MR) is 81.8 cm³/mol. The lowest BCUT2D eigenvalue weighted by molar-refractivity contribution is 0.181. The van der Waals surface area contributed by atoms with Crippen molar-refractivity contribution < 1.29 is 4.74 Å². The van der Waals surface area contributed by atoms with Crippen molar-refractivity contribution in [2.45, 2.75) is 58.1 Å². The molecule has 4 heteroatoms. The molecule has 1 atom stereocenters. The second kappa shape index (κ2) is 6.35. The molecule has 2 rings (SSSR count). The van der Waals surface area contributed by atoms with Crippen LogP contribution in [-0.2, 0) is 16.8 Å². The summed E-state index contributed by atoms with van der Waals surface area (Å²) in [7, 11) is 1.69. The first-order valence-corrected chi connectivity index (χ1v) is 7.29. The molecule has 1 aromatic rings. The van der Waals surface area contributed by atoms with Crippen LogP contribution in [-0.4, -0.2) is 23.1 Å². The molecule has 4 nitrogen and oxygen atoms in total. The summed E-state index contributed by atoms with van der Waals surface area (Å²) in [5, 5.41) is 3.50. The fraction of sp³-hybridized carbons (Fsp3) is 0.625. The lowest BCUT2D eigenvalue weighted by Crippen LogP contribution is -2.23. The van der Waals surface area contributed by atoms with Crippen LogP contribution in [0.2, 0.25) is 0 Å². The van der Waals surface area contributed by atoms with Crippen molar-refractivity contribution in [1.29, 1.82) is 0 Å². The monoisotopic (exact) mass is 275 g/mol. The Morgan fingerprint density at radius 3 is 2.75 bits per heavy atom. The minimum absolute atomic E-state index is 0.0669. The van der Waals surface area contributed by atoms with Gasteiger partial charge in [0.05, 0.1) is 12.3 Å². The lowest BCUT2D eigenvalue weighted by Gasteiger charge is -2.22. The number of hydrogen-bond acceptors (Lipinski definition) is 4. The highest BCUT2D eigenvalue weighted by atomic mass is 16.5. The first-order chi connectivity index (χ1) is 9.49. The number of nitrogens with zero attached hydrogens (tertiary/aromatic N) is 2. The smallest absolute Gasteiger partial charge is 0.136 e. The first kappa shape index (κ1) is 15.0. The van der Waals surface area contributed by atoms with Gasteiger partial charge in [-0.2, -0.15) is 0 Å². The Kier molecular flexibility index (Phi) is 4.76. The Hall–Kier alpha value is -1.42. The quantitative estimate of drug-likeness (QED) is 0.855. The largest absolute Gasteiger partial charge is 0.378 e. The van der Waals surface area contributed by atoms with E-state index in [9.17, 15) is 0 Å². The Morgan fingerprint density at radius 1 is 1.35 bits per heavy atom. The van der Waals surface area contributed by atoms with Crippen LogP contribution in [0.5, 0.6) is 0 Å². The molecule has 0 saturated heterocycles. The SMILES string of the molecule is COCc1cc(NC2C=CCCC2)nc(C(C)(C)C)n1. The zero-order chi connectivity index (χ0) is 14.6. The Bertz CT molecular complexity index is 477. The molecule has 1 unspecified atom stereocenters. The van der Waals surface area contributed by atoms with Crippen molar-refractivity contribution >= 4 is 5.82 Å². The van der Waals surface area contributed by atoms with E-state index in [1.807, 2.05) is 6.07 Å². The maximum Gasteiger partial charge on any atom is 0.136 e. The summed E-state index contributed by atoms with van der Waals surface area (Å²) in [5.41, 5.74) is 0.859. The Balaban J connectivity index is 2.24. The van der Waals surface area contributed by atoms with E-state index in [0.29, 0.717) is 12.6 Å². The van der Waals surface area contributed by atoms with Gasteiger partial charge in [-0.1, -0.05) is 32.9 Å². The van der Waals surface area contributed by atoms with Gasteiger partial charge in [0.1, 0.15) is 11.6 Å². The van der Waals surface area contributed by atoms with Gasteiger partial charge in [0.2, 0.25) is 0 Å². The maximum absolute atomic E-state index is 5.21. The van der Waals surface area contributed by atoms with Crippen molar-refractivity contribution in [1.82, 2.24) is 9.97 Å². The van der Waals surface area contributed by atoms with E-state index >= 15 is 0 Å². The number of anilines is 1. The highest BCUT2D eigenvalue weighted by molar-refractivity contribution is 5.39. The summed E-state index contributed by atoms with van der Waals surface area (Å²) in [4.78, 5) is 9.26. The van der Waals surface area contributed by atoms with Gasteiger partial charge in [0.15, 0.2) is 0 Å². The molecule has 1 aromatic heterocycles. The lowest BCUT2D eigenvalue weighted by atomic mass is 9.95. The second-order valence-corrected chi connectivity index (χ2v) is 6.36. The summed E-state index contributed by atoms with van der Waals surface area (Å²) < 4.78 is 5.21.